The number of aliphatic carboxylic acids is 1. The summed E-state index contributed by atoms with van der Waals surface area (Å²) in [5.41, 5.74) is 0.0416. The Morgan fingerprint density at radius 2 is 2.04 bits per heavy atom. The summed E-state index contributed by atoms with van der Waals surface area (Å²) in [7, 11) is 0. The first-order chi connectivity index (χ1) is 11.3. The molecule has 0 aliphatic heterocycles. The lowest BCUT2D eigenvalue weighted by atomic mass is 10.2. The molecule has 1 aromatic heterocycles. The molecule has 0 radical (unpaired) electrons. The van der Waals surface area contributed by atoms with Gasteiger partial charge in [0.05, 0.1) is 12.3 Å². The van der Waals surface area contributed by atoms with Crippen molar-refractivity contribution in [1.82, 2.24) is 15.1 Å². The van der Waals surface area contributed by atoms with E-state index in [0.717, 1.165) is 16.3 Å². The molecule has 1 aromatic carbocycles. The molecule has 2 aromatic rings. The molecule has 126 valence electrons. The second-order valence-electron chi connectivity index (χ2n) is 5.01. The SMILES string of the molecule is Cc1cccc(-n2nc(C(=O)NC(CO)C(=O)O)c(O)cc2=O)c1. The highest BCUT2D eigenvalue weighted by Gasteiger charge is 2.23. The van der Waals surface area contributed by atoms with Crippen LogP contribution < -0.4 is 10.9 Å². The monoisotopic (exact) mass is 333 g/mol. The van der Waals surface area contributed by atoms with Gasteiger partial charge in [0.2, 0.25) is 0 Å². The number of nitrogens with one attached hydrogen (secondary N) is 1. The second-order valence-corrected chi connectivity index (χ2v) is 5.01. The van der Waals surface area contributed by atoms with Gasteiger partial charge in [-0.15, -0.1) is 0 Å². The lowest BCUT2D eigenvalue weighted by molar-refractivity contribution is -0.140. The van der Waals surface area contributed by atoms with Gasteiger partial charge >= 0.3 is 5.97 Å². The predicted molar refractivity (Wildman–Crippen MR) is 82.2 cm³/mol. The predicted octanol–water partition coefficient (Wildman–Crippen LogP) is -0.578. The summed E-state index contributed by atoms with van der Waals surface area (Å²) in [6.07, 6.45) is 0. The number of hydrogen-bond acceptors (Lipinski definition) is 6. The quantitative estimate of drug-likeness (QED) is 0.573. The van der Waals surface area contributed by atoms with Crippen LogP contribution in [-0.4, -0.2) is 49.6 Å². The third-order valence-corrected chi connectivity index (χ3v) is 3.16. The number of rotatable bonds is 5. The number of aryl methyl sites for hydroxylation is 1. The van der Waals surface area contributed by atoms with Crippen LogP contribution in [0.2, 0.25) is 0 Å². The Kier molecular flexibility index (Phi) is 4.95. The largest absolute Gasteiger partial charge is 0.505 e. The average Bonchev–Trinajstić information content (AvgIpc) is 2.52. The van der Waals surface area contributed by atoms with E-state index in [-0.39, 0.29) is 0 Å². The second kappa shape index (κ2) is 6.92. The van der Waals surface area contributed by atoms with Crippen molar-refractivity contribution in [1.29, 1.82) is 0 Å². The molecule has 2 rings (SSSR count). The number of aliphatic hydroxyl groups is 1. The third kappa shape index (κ3) is 3.58. The van der Waals surface area contributed by atoms with Gasteiger partial charge in [0.15, 0.2) is 17.5 Å². The number of carboxylic acid groups (broad SMARTS) is 1. The van der Waals surface area contributed by atoms with E-state index in [4.69, 9.17) is 10.2 Å². The Bertz CT molecular complexity index is 845. The summed E-state index contributed by atoms with van der Waals surface area (Å²) in [5, 5.41) is 33.3. The van der Waals surface area contributed by atoms with Crippen molar-refractivity contribution in [3.05, 3.63) is 51.9 Å². The van der Waals surface area contributed by atoms with Gasteiger partial charge in [0, 0.05) is 6.07 Å². The van der Waals surface area contributed by atoms with Crippen LogP contribution >= 0.6 is 0 Å². The molecule has 9 nitrogen and oxygen atoms in total. The number of carbonyl (C=O) groups excluding carboxylic acids is 1. The third-order valence-electron chi connectivity index (χ3n) is 3.16. The molecule has 1 atom stereocenters. The number of aromatic hydroxyl groups is 1. The van der Waals surface area contributed by atoms with E-state index >= 15 is 0 Å². The average molecular weight is 333 g/mol. The number of nitrogens with zero attached hydrogens (tertiary/aromatic N) is 2. The van der Waals surface area contributed by atoms with E-state index in [1.165, 1.54) is 0 Å². The maximum absolute atomic E-state index is 12.1. The van der Waals surface area contributed by atoms with E-state index < -0.39 is 41.5 Å². The summed E-state index contributed by atoms with van der Waals surface area (Å²) in [6, 6.07) is 5.99. The molecule has 0 spiro atoms. The van der Waals surface area contributed by atoms with Crippen LogP contribution in [0.4, 0.5) is 0 Å². The van der Waals surface area contributed by atoms with Gasteiger partial charge in [0.1, 0.15) is 0 Å². The van der Waals surface area contributed by atoms with E-state index in [2.05, 4.69) is 5.10 Å². The fourth-order valence-corrected chi connectivity index (χ4v) is 1.97. The first-order valence-corrected chi connectivity index (χ1v) is 6.88. The van der Waals surface area contributed by atoms with E-state index in [0.29, 0.717) is 5.69 Å². The molecule has 0 aliphatic carbocycles. The minimum absolute atomic E-state index is 0.381. The molecule has 0 aliphatic rings. The Hall–Kier alpha value is -3.20. The molecular weight excluding hydrogens is 318 g/mol. The first-order valence-electron chi connectivity index (χ1n) is 6.88. The lowest BCUT2D eigenvalue weighted by Crippen LogP contribution is -2.44. The fraction of sp³-hybridized carbons (Fsp3) is 0.200. The van der Waals surface area contributed by atoms with Gasteiger partial charge in [-0.1, -0.05) is 12.1 Å². The zero-order chi connectivity index (χ0) is 17.9. The molecule has 4 N–H and O–H groups in total. The fourth-order valence-electron chi connectivity index (χ4n) is 1.97. The van der Waals surface area contributed by atoms with Gasteiger partial charge in [-0.3, -0.25) is 9.59 Å². The summed E-state index contributed by atoms with van der Waals surface area (Å²) >= 11 is 0. The molecule has 1 amide bonds. The van der Waals surface area contributed by atoms with Crippen LogP contribution in [0, 0.1) is 6.92 Å². The van der Waals surface area contributed by atoms with Gasteiger partial charge in [-0.2, -0.15) is 9.78 Å². The summed E-state index contributed by atoms with van der Waals surface area (Å²) in [5.74, 6) is -3.17. The highest BCUT2D eigenvalue weighted by molar-refractivity contribution is 5.96. The van der Waals surface area contributed by atoms with Crippen LogP contribution in [-0.2, 0) is 4.79 Å². The van der Waals surface area contributed by atoms with Crippen LogP contribution in [0.5, 0.6) is 5.75 Å². The van der Waals surface area contributed by atoms with Crippen LogP contribution in [0.3, 0.4) is 0 Å². The molecule has 0 fully saturated rings. The number of hydrogen-bond donors (Lipinski definition) is 4. The molecule has 1 heterocycles. The highest BCUT2D eigenvalue weighted by atomic mass is 16.4. The van der Waals surface area contributed by atoms with Crippen LogP contribution in [0.15, 0.2) is 35.1 Å². The molecule has 0 saturated heterocycles. The van der Waals surface area contributed by atoms with Crippen molar-refractivity contribution in [2.24, 2.45) is 0 Å². The molecular formula is C15H15N3O6. The Balaban J connectivity index is 2.45. The van der Waals surface area contributed by atoms with E-state index in [9.17, 15) is 19.5 Å². The zero-order valence-electron chi connectivity index (χ0n) is 12.6. The number of aromatic nitrogens is 2. The summed E-state index contributed by atoms with van der Waals surface area (Å²) in [6.45, 7) is 0.973. The van der Waals surface area contributed by atoms with Gasteiger partial charge < -0.3 is 20.6 Å². The van der Waals surface area contributed by atoms with Crippen molar-refractivity contribution >= 4 is 11.9 Å². The van der Waals surface area contributed by atoms with Crippen LogP contribution in [0.1, 0.15) is 16.1 Å². The molecule has 0 saturated carbocycles. The van der Waals surface area contributed by atoms with Crippen LogP contribution in [0.25, 0.3) is 5.69 Å². The van der Waals surface area contributed by atoms with Crippen molar-refractivity contribution in [3.63, 3.8) is 0 Å². The Morgan fingerprint density at radius 1 is 1.33 bits per heavy atom. The number of amides is 1. The van der Waals surface area contributed by atoms with Crippen molar-refractivity contribution < 1.29 is 24.9 Å². The lowest BCUT2D eigenvalue weighted by Gasteiger charge is -2.13. The summed E-state index contributed by atoms with van der Waals surface area (Å²) < 4.78 is 0.913. The minimum atomic E-state index is -1.56. The highest BCUT2D eigenvalue weighted by Crippen LogP contribution is 2.13. The number of carboxylic acids is 1. The maximum Gasteiger partial charge on any atom is 0.328 e. The van der Waals surface area contributed by atoms with Crippen molar-refractivity contribution in [3.8, 4) is 11.4 Å². The summed E-state index contributed by atoms with van der Waals surface area (Å²) in [4.78, 5) is 34.9. The topological polar surface area (TPSA) is 142 Å². The van der Waals surface area contributed by atoms with E-state index in [1.807, 2.05) is 5.32 Å². The van der Waals surface area contributed by atoms with Gasteiger partial charge in [0.25, 0.3) is 11.5 Å². The normalized spacial score (nSPS) is 11.8. The maximum atomic E-state index is 12.1. The zero-order valence-corrected chi connectivity index (χ0v) is 12.6. The molecule has 1 unspecified atom stereocenters. The first kappa shape index (κ1) is 17.2. The van der Waals surface area contributed by atoms with Gasteiger partial charge in [-0.25, -0.2) is 4.79 Å². The Labute approximate surface area is 135 Å². The molecule has 24 heavy (non-hydrogen) atoms. The number of aliphatic hydroxyl groups excluding tert-OH is 1. The molecule has 9 heteroatoms. The number of carbonyl (C=O) groups is 2. The van der Waals surface area contributed by atoms with Gasteiger partial charge in [-0.05, 0) is 24.6 Å². The van der Waals surface area contributed by atoms with Crippen molar-refractivity contribution in [2.75, 3.05) is 6.61 Å². The molecule has 0 bridgehead atoms. The number of benzene rings is 1. The standard InChI is InChI=1S/C15H15N3O6/c1-8-3-2-4-9(5-8)18-12(21)6-11(20)13(17-18)14(22)16-10(7-19)15(23)24/h2-6,10,19-20H,7H2,1H3,(H,16,22)(H,23,24). The Morgan fingerprint density at radius 3 is 2.62 bits per heavy atom. The minimum Gasteiger partial charge on any atom is -0.505 e. The van der Waals surface area contributed by atoms with Crippen molar-refractivity contribution in [2.45, 2.75) is 13.0 Å². The van der Waals surface area contributed by atoms with E-state index in [1.54, 1.807) is 31.2 Å². The smallest absolute Gasteiger partial charge is 0.328 e.